The van der Waals surface area contributed by atoms with Crippen LogP contribution >= 0.6 is 0 Å². The molecule has 1 unspecified atom stereocenters. The molecule has 0 bridgehead atoms. The number of Topliss-reactive ketones (excluding diaryl/α,β-unsaturated/α-hetero) is 1. The number of urea groups is 1. The van der Waals surface area contributed by atoms with E-state index in [1.54, 1.807) is 0 Å². The first kappa shape index (κ1) is 15.7. The Morgan fingerprint density at radius 1 is 1.45 bits per heavy atom. The van der Waals surface area contributed by atoms with Gasteiger partial charge in [0.15, 0.2) is 0 Å². The number of nitrogens with one attached hydrogen (secondary N) is 3. The van der Waals surface area contributed by atoms with Crippen LogP contribution in [0.3, 0.4) is 0 Å². The van der Waals surface area contributed by atoms with E-state index < -0.39 is 18.0 Å². The molecule has 1 rings (SSSR count). The monoisotopic (exact) mass is 282 g/mol. The van der Waals surface area contributed by atoms with Crippen molar-refractivity contribution in [3.05, 3.63) is 18.2 Å². The van der Waals surface area contributed by atoms with E-state index >= 15 is 0 Å². The molecule has 0 radical (unpaired) electrons. The topological polar surface area (TPSA) is 124 Å². The second-order valence-corrected chi connectivity index (χ2v) is 4.38. The summed E-state index contributed by atoms with van der Waals surface area (Å²) in [4.78, 5) is 39.9. The number of hydrogen-bond acceptors (Lipinski definition) is 4. The van der Waals surface area contributed by atoms with Gasteiger partial charge >= 0.3 is 12.0 Å². The van der Waals surface area contributed by atoms with Gasteiger partial charge < -0.3 is 25.5 Å². The first-order valence-electron chi connectivity index (χ1n) is 6.23. The summed E-state index contributed by atoms with van der Waals surface area (Å²) < 4.78 is 0. The second-order valence-electron chi connectivity index (χ2n) is 4.38. The maximum absolute atomic E-state index is 11.5. The number of aromatic nitrogens is 2. The number of carbonyl (C=O) groups excluding carboxylic acids is 2. The zero-order valence-electron chi connectivity index (χ0n) is 11.2. The normalized spacial score (nSPS) is 11.7. The molecule has 110 valence electrons. The standard InChI is InChI=1S/C12H18N4O4/c1-8(17)3-2-4-14-12(20)16-10(11(18)19)5-9-6-13-7-15-9/h6-7,10H,2-5H2,1H3,(H,13,15)(H,18,19)(H2,14,16,20). The van der Waals surface area contributed by atoms with E-state index in [0.717, 1.165) is 0 Å². The third-order valence-electron chi connectivity index (χ3n) is 2.57. The second kappa shape index (κ2) is 7.93. The number of carboxylic acids is 1. The number of aliphatic carboxylic acids is 1. The van der Waals surface area contributed by atoms with Gasteiger partial charge in [-0.25, -0.2) is 14.6 Å². The van der Waals surface area contributed by atoms with Crippen LogP contribution in [0.15, 0.2) is 12.5 Å². The van der Waals surface area contributed by atoms with Gasteiger partial charge in [0.1, 0.15) is 11.8 Å². The van der Waals surface area contributed by atoms with Gasteiger partial charge in [-0.1, -0.05) is 0 Å². The van der Waals surface area contributed by atoms with Crippen LogP contribution in [0.4, 0.5) is 4.79 Å². The van der Waals surface area contributed by atoms with Crippen molar-refractivity contribution in [2.24, 2.45) is 0 Å². The summed E-state index contributed by atoms with van der Waals surface area (Å²) in [6, 6.07) is -1.61. The Morgan fingerprint density at radius 2 is 2.20 bits per heavy atom. The molecule has 1 heterocycles. The lowest BCUT2D eigenvalue weighted by molar-refractivity contribution is -0.139. The highest BCUT2D eigenvalue weighted by molar-refractivity contribution is 5.82. The number of carboxylic acid groups (broad SMARTS) is 1. The van der Waals surface area contributed by atoms with E-state index in [1.807, 2.05) is 0 Å². The molecule has 0 saturated heterocycles. The van der Waals surface area contributed by atoms with E-state index in [0.29, 0.717) is 25.1 Å². The van der Waals surface area contributed by atoms with Crippen molar-refractivity contribution < 1.29 is 19.5 Å². The molecule has 4 N–H and O–H groups in total. The molecular weight excluding hydrogens is 264 g/mol. The number of aromatic amines is 1. The average molecular weight is 282 g/mol. The Bertz CT molecular complexity index is 458. The van der Waals surface area contributed by atoms with Gasteiger partial charge in [-0.3, -0.25) is 0 Å². The van der Waals surface area contributed by atoms with Crippen LogP contribution in [0.1, 0.15) is 25.5 Å². The number of imidazole rings is 1. The molecule has 8 nitrogen and oxygen atoms in total. The van der Waals surface area contributed by atoms with Crippen LogP contribution in [-0.2, 0) is 16.0 Å². The molecule has 0 saturated carbocycles. The SMILES string of the molecule is CC(=O)CCCNC(=O)NC(Cc1cnc[nH]1)C(=O)O. The molecule has 0 aromatic carbocycles. The number of rotatable bonds is 8. The van der Waals surface area contributed by atoms with Gasteiger partial charge in [0.05, 0.1) is 6.33 Å². The zero-order chi connectivity index (χ0) is 15.0. The van der Waals surface area contributed by atoms with E-state index in [4.69, 9.17) is 5.11 Å². The summed E-state index contributed by atoms with van der Waals surface area (Å²) in [6.45, 7) is 1.80. The highest BCUT2D eigenvalue weighted by Gasteiger charge is 2.20. The van der Waals surface area contributed by atoms with E-state index in [9.17, 15) is 14.4 Å². The quantitative estimate of drug-likeness (QED) is 0.502. The van der Waals surface area contributed by atoms with Crippen molar-refractivity contribution in [2.45, 2.75) is 32.2 Å². The molecule has 1 aromatic rings. The smallest absolute Gasteiger partial charge is 0.326 e. The first-order valence-corrected chi connectivity index (χ1v) is 6.23. The van der Waals surface area contributed by atoms with Crippen molar-refractivity contribution in [2.75, 3.05) is 6.54 Å². The van der Waals surface area contributed by atoms with Crippen LogP contribution in [0, 0.1) is 0 Å². The summed E-state index contributed by atoms with van der Waals surface area (Å²) in [5.74, 6) is -1.08. The van der Waals surface area contributed by atoms with Gasteiger partial charge in [-0.05, 0) is 13.3 Å². The number of H-pyrrole nitrogens is 1. The average Bonchev–Trinajstić information content (AvgIpc) is 2.86. The molecular formula is C12H18N4O4. The number of carbonyl (C=O) groups is 3. The maximum Gasteiger partial charge on any atom is 0.326 e. The van der Waals surface area contributed by atoms with Crippen molar-refractivity contribution in [3.8, 4) is 0 Å². The first-order chi connectivity index (χ1) is 9.49. The lowest BCUT2D eigenvalue weighted by Crippen LogP contribution is -2.47. The van der Waals surface area contributed by atoms with Crippen LogP contribution in [0.5, 0.6) is 0 Å². The molecule has 20 heavy (non-hydrogen) atoms. The largest absolute Gasteiger partial charge is 0.480 e. The molecule has 1 atom stereocenters. The Morgan fingerprint density at radius 3 is 2.75 bits per heavy atom. The van der Waals surface area contributed by atoms with Crippen molar-refractivity contribution in [1.29, 1.82) is 0 Å². The highest BCUT2D eigenvalue weighted by Crippen LogP contribution is 1.98. The van der Waals surface area contributed by atoms with Crippen LogP contribution < -0.4 is 10.6 Å². The lowest BCUT2D eigenvalue weighted by atomic mass is 10.1. The van der Waals surface area contributed by atoms with Crippen molar-refractivity contribution >= 4 is 17.8 Å². The number of nitrogens with zero attached hydrogens (tertiary/aromatic N) is 1. The Balaban J connectivity index is 2.35. The molecule has 1 aromatic heterocycles. The summed E-state index contributed by atoms with van der Waals surface area (Å²) in [5, 5.41) is 13.9. The fourth-order valence-corrected chi connectivity index (χ4v) is 1.56. The summed E-state index contributed by atoms with van der Waals surface area (Å²) in [5.41, 5.74) is 0.620. The van der Waals surface area contributed by atoms with E-state index in [-0.39, 0.29) is 12.2 Å². The molecule has 0 fully saturated rings. The minimum atomic E-state index is -1.13. The van der Waals surface area contributed by atoms with Gasteiger partial charge in [-0.15, -0.1) is 0 Å². The van der Waals surface area contributed by atoms with Crippen molar-refractivity contribution in [3.63, 3.8) is 0 Å². The zero-order valence-corrected chi connectivity index (χ0v) is 11.2. The molecule has 0 spiro atoms. The molecule has 0 aliphatic rings. The van der Waals surface area contributed by atoms with E-state index in [1.165, 1.54) is 19.4 Å². The van der Waals surface area contributed by atoms with Crippen LogP contribution in [0.25, 0.3) is 0 Å². The van der Waals surface area contributed by atoms with E-state index in [2.05, 4.69) is 20.6 Å². The van der Waals surface area contributed by atoms with Gasteiger partial charge in [0, 0.05) is 31.3 Å². The highest BCUT2D eigenvalue weighted by atomic mass is 16.4. The van der Waals surface area contributed by atoms with Gasteiger partial charge in [0.25, 0.3) is 0 Å². The number of ketones is 1. The van der Waals surface area contributed by atoms with Gasteiger partial charge in [0.2, 0.25) is 0 Å². The third-order valence-corrected chi connectivity index (χ3v) is 2.57. The fraction of sp³-hybridized carbons (Fsp3) is 0.500. The fourth-order valence-electron chi connectivity index (χ4n) is 1.56. The summed E-state index contributed by atoms with van der Waals surface area (Å²) in [7, 11) is 0. The number of hydrogen-bond donors (Lipinski definition) is 4. The molecule has 8 heteroatoms. The predicted molar refractivity (Wildman–Crippen MR) is 70.2 cm³/mol. The molecule has 0 aliphatic heterocycles. The van der Waals surface area contributed by atoms with Gasteiger partial charge in [-0.2, -0.15) is 0 Å². The third kappa shape index (κ3) is 5.98. The minimum absolute atomic E-state index is 0.0508. The number of amides is 2. The lowest BCUT2D eigenvalue weighted by Gasteiger charge is -2.14. The summed E-state index contributed by atoms with van der Waals surface area (Å²) >= 11 is 0. The molecule has 2 amide bonds. The molecule has 0 aliphatic carbocycles. The maximum atomic E-state index is 11.5. The van der Waals surface area contributed by atoms with Crippen LogP contribution in [0.2, 0.25) is 0 Å². The summed E-state index contributed by atoms with van der Waals surface area (Å²) in [6.07, 6.45) is 3.98. The Labute approximate surface area is 116 Å². The Kier molecular flexibility index (Phi) is 6.21. The minimum Gasteiger partial charge on any atom is -0.480 e. The van der Waals surface area contributed by atoms with Crippen molar-refractivity contribution in [1.82, 2.24) is 20.6 Å². The Hall–Kier alpha value is -2.38. The predicted octanol–water partition coefficient (Wildman–Crippen LogP) is 0.0738. The van der Waals surface area contributed by atoms with Crippen LogP contribution in [-0.4, -0.2) is 45.4 Å².